The molecule has 1 aromatic carbocycles. The Balaban J connectivity index is 2.58. The van der Waals surface area contributed by atoms with E-state index >= 15 is 0 Å². The van der Waals surface area contributed by atoms with Crippen molar-refractivity contribution in [2.75, 3.05) is 0 Å². The fourth-order valence-corrected chi connectivity index (χ4v) is 1.35. The number of halogens is 3. The van der Waals surface area contributed by atoms with Gasteiger partial charge >= 0.3 is 6.36 Å². The Morgan fingerprint density at radius 3 is 2.62 bits per heavy atom. The van der Waals surface area contributed by atoms with Gasteiger partial charge in [-0.25, -0.2) is 0 Å². The second-order valence-corrected chi connectivity index (χ2v) is 3.03. The maximum atomic E-state index is 12.1. The van der Waals surface area contributed by atoms with E-state index in [1.165, 1.54) is 18.2 Å². The van der Waals surface area contributed by atoms with Crippen molar-refractivity contribution in [3.8, 4) is 11.5 Å². The standard InChI is InChI=1S/C10H6F3NO2/c11-10(12,13)16-8-4-5-14-9-6(8)2-1-3-7(9)15/h1-5,15H. The van der Waals surface area contributed by atoms with Crippen molar-refractivity contribution in [2.24, 2.45) is 0 Å². The lowest BCUT2D eigenvalue weighted by Gasteiger charge is -2.10. The molecule has 3 nitrogen and oxygen atoms in total. The lowest BCUT2D eigenvalue weighted by Crippen LogP contribution is -2.17. The molecule has 0 saturated heterocycles. The largest absolute Gasteiger partial charge is 0.573 e. The number of fused-ring (bicyclic) bond motifs is 1. The summed E-state index contributed by atoms with van der Waals surface area (Å²) < 4.78 is 40.0. The highest BCUT2D eigenvalue weighted by molar-refractivity contribution is 5.89. The zero-order chi connectivity index (χ0) is 11.8. The molecule has 0 amide bonds. The Kier molecular flexibility index (Phi) is 2.34. The van der Waals surface area contributed by atoms with E-state index < -0.39 is 6.36 Å². The molecule has 16 heavy (non-hydrogen) atoms. The van der Waals surface area contributed by atoms with Crippen molar-refractivity contribution < 1.29 is 23.0 Å². The lowest BCUT2D eigenvalue weighted by molar-refractivity contribution is -0.274. The summed E-state index contributed by atoms with van der Waals surface area (Å²) in [5.74, 6) is -0.571. The number of benzene rings is 1. The van der Waals surface area contributed by atoms with Crippen LogP contribution in [-0.2, 0) is 0 Å². The number of para-hydroxylation sites is 1. The number of hydrogen-bond donors (Lipinski definition) is 1. The summed E-state index contributed by atoms with van der Waals surface area (Å²) in [6.07, 6.45) is -3.62. The van der Waals surface area contributed by atoms with Crippen LogP contribution >= 0.6 is 0 Å². The van der Waals surface area contributed by atoms with Crippen LogP contribution in [0, 0.1) is 0 Å². The quantitative estimate of drug-likeness (QED) is 0.817. The van der Waals surface area contributed by atoms with Gasteiger partial charge < -0.3 is 9.84 Å². The van der Waals surface area contributed by atoms with Gasteiger partial charge in [0.2, 0.25) is 0 Å². The summed E-state index contributed by atoms with van der Waals surface area (Å²) in [4.78, 5) is 3.77. The molecule has 1 N–H and O–H groups in total. The molecular weight excluding hydrogens is 223 g/mol. The van der Waals surface area contributed by atoms with Gasteiger partial charge in [0.05, 0.1) is 0 Å². The Hall–Kier alpha value is -1.98. The van der Waals surface area contributed by atoms with Crippen LogP contribution in [0.2, 0.25) is 0 Å². The van der Waals surface area contributed by atoms with Crippen molar-refractivity contribution in [3.63, 3.8) is 0 Å². The summed E-state index contributed by atoms with van der Waals surface area (Å²) in [6.45, 7) is 0. The van der Waals surface area contributed by atoms with Crippen LogP contribution in [0.1, 0.15) is 0 Å². The predicted octanol–water partition coefficient (Wildman–Crippen LogP) is 2.84. The molecule has 2 aromatic rings. The average Bonchev–Trinajstić information content (AvgIpc) is 2.17. The van der Waals surface area contributed by atoms with Crippen LogP contribution in [0.15, 0.2) is 30.5 Å². The third-order valence-electron chi connectivity index (χ3n) is 1.94. The van der Waals surface area contributed by atoms with Crippen LogP contribution in [0.3, 0.4) is 0 Å². The van der Waals surface area contributed by atoms with Gasteiger partial charge in [-0.2, -0.15) is 0 Å². The summed E-state index contributed by atoms with van der Waals surface area (Å²) >= 11 is 0. The van der Waals surface area contributed by atoms with Crippen LogP contribution in [0.4, 0.5) is 13.2 Å². The van der Waals surface area contributed by atoms with Gasteiger partial charge in [-0.05, 0) is 18.2 Å². The maximum absolute atomic E-state index is 12.1. The normalized spacial score (nSPS) is 11.7. The highest BCUT2D eigenvalue weighted by Crippen LogP contribution is 2.32. The van der Waals surface area contributed by atoms with E-state index in [-0.39, 0.29) is 22.4 Å². The Bertz CT molecular complexity index is 525. The Morgan fingerprint density at radius 2 is 1.94 bits per heavy atom. The lowest BCUT2D eigenvalue weighted by atomic mass is 10.2. The molecule has 0 radical (unpaired) electrons. The zero-order valence-electron chi connectivity index (χ0n) is 7.82. The summed E-state index contributed by atoms with van der Waals surface area (Å²) in [7, 11) is 0. The molecule has 0 aliphatic heterocycles. The van der Waals surface area contributed by atoms with Gasteiger partial charge in [0.15, 0.2) is 0 Å². The first kappa shape index (κ1) is 10.5. The molecule has 1 aromatic heterocycles. The second kappa shape index (κ2) is 3.55. The molecule has 0 saturated carbocycles. The number of aromatic hydroxyl groups is 1. The van der Waals surface area contributed by atoms with Crippen molar-refractivity contribution >= 4 is 10.9 Å². The van der Waals surface area contributed by atoms with E-state index in [0.29, 0.717) is 0 Å². The van der Waals surface area contributed by atoms with Crippen LogP contribution < -0.4 is 4.74 Å². The van der Waals surface area contributed by atoms with E-state index in [1.54, 1.807) is 0 Å². The topological polar surface area (TPSA) is 42.4 Å². The average molecular weight is 229 g/mol. The molecule has 0 aliphatic carbocycles. The van der Waals surface area contributed by atoms with E-state index in [1.807, 2.05) is 0 Å². The van der Waals surface area contributed by atoms with E-state index in [4.69, 9.17) is 0 Å². The van der Waals surface area contributed by atoms with Crippen LogP contribution in [0.25, 0.3) is 10.9 Å². The van der Waals surface area contributed by atoms with Crippen LogP contribution in [0.5, 0.6) is 11.5 Å². The summed E-state index contributed by atoms with van der Waals surface area (Å²) in [6, 6.07) is 5.24. The van der Waals surface area contributed by atoms with Gasteiger partial charge in [0.1, 0.15) is 17.0 Å². The van der Waals surface area contributed by atoms with E-state index in [9.17, 15) is 18.3 Å². The monoisotopic (exact) mass is 229 g/mol. The minimum atomic E-state index is -4.76. The SMILES string of the molecule is Oc1cccc2c(OC(F)(F)F)ccnc12. The number of ether oxygens (including phenoxy) is 1. The first-order valence-electron chi connectivity index (χ1n) is 4.30. The van der Waals surface area contributed by atoms with Crippen molar-refractivity contribution in [2.45, 2.75) is 6.36 Å². The molecule has 0 spiro atoms. The number of aromatic nitrogens is 1. The number of rotatable bonds is 1. The van der Waals surface area contributed by atoms with E-state index in [0.717, 1.165) is 12.3 Å². The molecule has 0 atom stereocenters. The number of hydrogen-bond acceptors (Lipinski definition) is 3. The zero-order valence-corrected chi connectivity index (χ0v) is 7.82. The number of phenolic OH excluding ortho intramolecular Hbond substituents is 1. The molecule has 2 rings (SSSR count). The van der Waals surface area contributed by atoms with Gasteiger partial charge in [0, 0.05) is 11.6 Å². The number of phenols is 1. The fourth-order valence-electron chi connectivity index (χ4n) is 1.35. The molecule has 84 valence electrons. The second-order valence-electron chi connectivity index (χ2n) is 3.03. The molecule has 6 heteroatoms. The number of alkyl halides is 3. The third-order valence-corrected chi connectivity index (χ3v) is 1.94. The Morgan fingerprint density at radius 1 is 1.19 bits per heavy atom. The highest BCUT2D eigenvalue weighted by atomic mass is 19.4. The third kappa shape index (κ3) is 2.00. The summed E-state index contributed by atoms with van der Waals surface area (Å²) in [5.41, 5.74) is 0.0734. The molecule has 0 fully saturated rings. The van der Waals surface area contributed by atoms with Crippen molar-refractivity contribution in [1.29, 1.82) is 0 Å². The van der Waals surface area contributed by atoms with Gasteiger partial charge in [-0.3, -0.25) is 4.98 Å². The van der Waals surface area contributed by atoms with Crippen molar-refractivity contribution in [3.05, 3.63) is 30.5 Å². The van der Waals surface area contributed by atoms with Gasteiger partial charge in [-0.15, -0.1) is 13.2 Å². The Labute approximate surface area is 88.1 Å². The number of pyridine rings is 1. The predicted molar refractivity (Wildman–Crippen MR) is 50.1 cm³/mol. The first-order chi connectivity index (χ1) is 7.47. The molecule has 0 aliphatic rings. The molecule has 0 unspecified atom stereocenters. The first-order valence-corrected chi connectivity index (χ1v) is 4.30. The number of nitrogens with zero attached hydrogens (tertiary/aromatic N) is 1. The maximum Gasteiger partial charge on any atom is 0.573 e. The van der Waals surface area contributed by atoms with Gasteiger partial charge in [-0.1, -0.05) is 6.07 Å². The fraction of sp³-hybridized carbons (Fsp3) is 0.100. The minimum absolute atomic E-state index is 0.0734. The molecular formula is C10H6F3NO2. The highest BCUT2D eigenvalue weighted by Gasteiger charge is 2.31. The minimum Gasteiger partial charge on any atom is -0.506 e. The smallest absolute Gasteiger partial charge is 0.506 e. The van der Waals surface area contributed by atoms with Crippen molar-refractivity contribution in [1.82, 2.24) is 4.98 Å². The van der Waals surface area contributed by atoms with E-state index in [2.05, 4.69) is 9.72 Å². The molecule has 0 bridgehead atoms. The molecule has 1 heterocycles. The van der Waals surface area contributed by atoms with Crippen LogP contribution in [-0.4, -0.2) is 16.5 Å². The van der Waals surface area contributed by atoms with Gasteiger partial charge in [0.25, 0.3) is 0 Å². The summed E-state index contributed by atoms with van der Waals surface area (Å²) in [5, 5.41) is 9.51.